The highest BCUT2D eigenvalue weighted by Gasteiger charge is 2.37. The lowest BCUT2D eigenvalue weighted by molar-refractivity contribution is -0.142. The van der Waals surface area contributed by atoms with Gasteiger partial charge >= 0.3 is 0 Å². The molecule has 32 heavy (non-hydrogen) atoms. The van der Waals surface area contributed by atoms with Crippen LogP contribution in [0.15, 0.2) is 4.99 Å². The molecule has 1 heterocycles. The van der Waals surface area contributed by atoms with Gasteiger partial charge in [-0.15, -0.1) is 0 Å². The van der Waals surface area contributed by atoms with E-state index in [1.807, 2.05) is 13.8 Å². The van der Waals surface area contributed by atoms with Crippen LogP contribution in [0.2, 0.25) is 0 Å². The Morgan fingerprint density at radius 1 is 1.06 bits per heavy atom. The number of carbonyl (C=O) groups is 4. The molecule has 1 fully saturated rings. The molecule has 1 aliphatic heterocycles. The van der Waals surface area contributed by atoms with Gasteiger partial charge in [-0.2, -0.15) is 0 Å². The van der Waals surface area contributed by atoms with E-state index in [0.29, 0.717) is 51.7 Å². The van der Waals surface area contributed by atoms with Gasteiger partial charge in [0.15, 0.2) is 5.96 Å². The van der Waals surface area contributed by atoms with E-state index in [0.717, 1.165) is 12.8 Å². The fraction of sp³-hybridized carbons (Fsp3) is 0.762. The summed E-state index contributed by atoms with van der Waals surface area (Å²) in [6, 6.07) is -2.12. The Morgan fingerprint density at radius 2 is 1.75 bits per heavy atom. The van der Waals surface area contributed by atoms with E-state index in [1.54, 1.807) is 0 Å². The van der Waals surface area contributed by atoms with Crippen LogP contribution in [0, 0.1) is 0 Å². The number of hydrogen-bond acceptors (Lipinski definition) is 5. The number of guanidine groups is 1. The summed E-state index contributed by atoms with van der Waals surface area (Å²) < 4.78 is 0. The van der Waals surface area contributed by atoms with Gasteiger partial charge < -0.3 is 32.3 Å². The molecule has 0 aromatic heterocycles. The molecule has 0 radical (unpaired) electrons. The average molecular weight is 454 g/mol. The number of nitrogens with zero attached hydrogens (tertiary/aromatic N) is 2. The van der Waals surface area contributed by atoms with Gasteiger partial charge in [0.25, 0.3) is 0 Å². The molecule has 0 unspecified atom stereocenters. The highest BCUT2D eigenvalue weighted by molar-refractivity contribution is 5.94. The number of hydrogen-bond donors (Lipinski definition) is 5. The molecule has 0 spiro atoms. The molecule has 1 rings (SSSR count). The van der Waals surface area contributed by atoms with Crippen molar-refractivity contribution in [2.45, 2.75) is 83.8 Å². The van der Waals surface area contributed by atoms with Crippen molar-refractivity contribution in [1.29, 1.82) is 0 Å². The maximum absolute atomic E-state index is 13.3. The Kier molecular flexibility index (Phi) is 12.1. The minimum Gasteiger partial charge on any atom is -0.370 e. The van der Waals surface area contributed by atoms with Crippen molar-refractivity contribution < 1.29 is 19.2 Å². The van der Waals surface area contributed by atoms with Crippen molar-refractivity contribution in [2.75, 3.05) is 19.6 Å². The summed E-state index contributed by atoms with van der Waals surface area (Å²) in [6.45, 7) is 6.41. The topological polar surface area (TPSA) is 172 Å². The maximum Gasteiger partial charge on any atom is 0.245 e. The van der Waals surface area contributed by atoms with Crippen molar-refractivity contribution in [1.82, 2.24) is 20.9 Å². The van der Waals surface area contributed by atoms with Gasteiger partial charge in [-0.05, 0) is 39.0 Å². The molecule has 182 valence electrons. The molecule has 0 aromatic rings. The van der Waals surface area contributed by atoms with Crippen molar-refractivity contribution in [3.8, 4) is 0 Å². The van der Waals surface area contributed by atoms with Crippen LogP contribution < -0.4 is 27.4 Å². The van der Waals surface area contributed by atoms with E-state index in [9.17, 15) is 19.2 Å². The van der Waals surface area contributed by atoms with Crippen LogP contribution in [0.3, 0.4) is 0 Å². The maximum atomic E-state index is 13.3. The summed E-state index contributed by atoms with van der Waals surface area (Å²) in [5, 5.41) is 8.23. The van der Waals surface area contributed by atoms with Crippen LogP contribution in [0.4, 0.5) is 0 Å². The molecule has 3 atom stereocenters. The molecule has 11 nitrogen and oxygen atoms in total. The molecule has 1 saturated heterocycles. The Hall–Kier alpha value is -2.85. The normalized spacial score (nSPS) is 17.2. The molecule has 0 aromatic carbocycles. The first-order valence-corrected chi connectivity index (χ1v) is 11.4. The van der Waals surface area contributed by atoms with E-state index < -0.39 is 24.0 Å². The molecule has 4 amide bonds. The summed E-state index contributed by atoms with van der Waals surface area (Å²) in [5.41, 5.74) is 10.7. The lowest BCUT2D eigenvalue weighted by Crippen LogP contribution is -2.56. The van der Waals surface area contributed by atoms with Crippen LogP contribution in [-0.4, -0.2) is 72.2 Å². The highest BCUT2D eigenvalue weighted by Crippen LogP contribution is 2.20. The second-order valence-electron chi connectivity index (χ2n) is 7.99. The van der Waals surface area contributed by atoms with Gasteiger partial charge in [-0.3, -0.25) is 24.2 Å². The predicted molar refractivity (Wildman–Crippen MR) is 122 cm³/mol. The van der Waals surface area contributed by atoms with Crippen LogP contribution >= 0.6 is 0 Å². The van der Waals surface area contributed by atoms with Crippen LogP contribution in [0.5, 0.6) is 0 Å². The third-order valence-corrected chi connectivity index (χ3v) is 5.29. The van der Waals surface area contributed by atoms with Crippen molar-refractivity contribution in [2.24, 2.45) is 16.5 Å². The first kappa shape index (κ1) is 27.2. The fourth-order valence-electron chi connectivity index (χ4n) is 3.75. The van der Waals surface area contributed by atoms with Crippen LogP contribution in [0.25, 0.3) is 0 Å². The van der Waals surface area contributed by atoms with Crippen molar-refractivity contribution in [3.05, 3.63) is 0 Å². The average Bonchev–Trinajstić information content (AvgIpc) is 3.22. The summed E-state index contributed by atoms with van der Waals surface area (Å²) in [6.07, 6.45) is 4.17. The molecule has 0 bridgehead atoms. The van der Waals surface area contributed by atoms with Gasteiger partial charge in [0.1, 0.15) is 18.1 Å². The molecule has 11 heteroatoms. The number of likely N-dealkylation sites (N-methyl/N-ethyl adjacent to an activating group) is 1. The minimum atomic E-state index is -0.843. The van der Waals surface area contributed by atoms with Gasteiger partial charge in [0, 0.05) is 26.6 Å². The lowest BCUT2D eigenvalue weighted by atomic mass is 10.1. The van der Waals surface area contributed by atoms with E-state index in [1.165, 1.54) is 11.8 Å². The number of amides is 4. The van der Waals surface area contributed by atoms with Gasteiger partial charge in [0.2, 0.25) is 23.6 Å². The summed E-state index contributed by atoms with van der Waals surface area (Å²) >= 11 is 0. The third-order valence-electron chi connectivity index (χ3n) is 5.29. The Labute approximate surface area is 190 Å². The first-order valence-electron chi connectivity index (χ1n) is 11.4. The molecular weight excluding hydrogens is 414 g/mol. The lowest BCUT2D eigenvalue weighted by Gasteiger charge is -2.29. The van der Waals surface area contributed by atoms with Crippen LogP contribution in [0.1, 0.15) is 65.7 Å². The number of rotatable bonds is 13. The molecule has 0 saturated carbocycles. The van der Waals surface area contributed by atoms with Gasteiger partial charge in [0.05, 0.1) is 0 Å². The number of carbonyl (C=O) groups excluding carboxylic acids is 4. The summed E-state index contributed by atoms with van der Waals surface area (Å²) in [7, 11) is 0. The summed E-state index contributed by atoms with van der Waals surface area (Å²) in [5.74, 6) is -1.27. The Morgan fingerprint density at radius 3 is 2.34 bits per heavy atom. The largest absolute Gasteiger partial charge is 0.370 e. The third kappa shape index (κ3) is 9.11. The standard InChI is InChI=1S/C21H39N7O4/c1-4-6-9-15(26-14(3)29)18(30)27-16(10-7-12-25-21(22)23)20(32)28-13-8-11-17(28)19(31)24-5-2/h15-17H,4-13H2,1-3H3,(H,24,31)(H,26,29)(H,27,30)(H4,22,23,25)/t15-,16-,17-/m0/s1. The number of nitrogens with two attached hydrogens (primary N) is 2. The Balaban J connectivity index is 2.98. The molecule has 0 aliphatic carbocycles. The highest BCUT2D eigenvalue weighted by atomic mass is 16.2. The van der Waals surface area contributed by atoms with E-state index in [-0.39, 0.29) is 23.7 Å². The zero-order valence-electron chi connectivity index (χ0n) is 19.5. The van der Waals surface area contributed by atoms with E-state index in [2.05, 4.69) is 20.9 Å². The van der Waals surface area contributed by atoms with Gasteiger partial charge in [-0.1, -0.05) is 19.8 Å². The molecule has 7 N–H and O–H groups in total. The first-order chi connectivity index (χ1) is 15.2. The summed E-state index contributed by atoms with van der Waals surface area (Å²) in [4.78, 5) is 55.7. The van der Waals surface area contributed by atoms with E-state index in [4.69, 9.17) is 11.5 Å². The smallest absolute Gasteiger partial charge is 0.245 e. The van der Waals surface area contributed by atoms with Gasteiger partial charge in [-0.25, -0.2) is 0 Å². The number of nitrogens with one attached hydrogen (secondary N) is 3. The number of likely N-dealkylation sites (tertiary alicyclic amines) is 1. The van der Waals surface area contributed by atoms with Crippen molar-refractivity contribution >= 4 is 29.6 Å². The monoisotopic (exact) mass is 453 g/mol. The second-order valence-corrected chi connectivity index (χ2v) is 7.99. The van der Waals surface area contributed by atoms with Crippen molar-refractivity contribution in [3.63, 3.8) is 0 Å². The number of aliphatic imine (C=N–C) groups is 1. The van der Waals surface area contributed by atoms with E-state index >= 15 is 0 Å². The molecule has 1 aliphatic rings. The van der Waals surface area contributed by atoms with Crippen LogP contribution in [-0.2, 0) is 19.2 Å². The predicted octanol–water partition coefficient (Wildman–Crippen LogP) is -0.653. The SMILES string of the molecule is CCCC[C@H](NC(C)=O)C(=O)N[C@@H](CCCN=C(N)N)C(=O)N1CCC[C@H]1C(=O)NCC. The quantitative estimate of drug-likeness (QED) is 0.141. The minimum absolute atomic E-state index is 0.0435. The Bertz CT molecular complexity index is 679. The number of unbranched alkanes of at least 4 members (excludes halogenated alkanes) is 1. The zero-order valence-corrected chi connectivity index (χ0v) is 19.5. The fourth-order valence-corrected chi connectivity index (χ4v) is 3.75. The zero-order chi connectivity index (χ0) is 24.1. The second kappa shape index (κ2) is 14.3. The molecular formula is C21H39N7O4.